The van der Waals surface area contributed by atoms with Crippen molar-refractivity contribution in [2.45, 2.75) is 32.4 Å². The van der Waals surface area contributed by atoms with Gasteiger partial charge in [0, 0.05) is 41.7 Å². The smallest absolute Gasteiger partial charge is 0.379 e. The summed E-state index contributed by atoms with van der Waals surface area (Å²) in [4.78, 5) is 28.5. The molecule has 1 aliphatic rings. The average molecular weight is 501 g/mol. The molecule has 0 bridgehead atoms. The van der Waals surface area contributed by atoms with Gasteiger partial charge in [0.2, 0.25) is 5.89 Å². The molecule has 0 amide bonds. The number of H-pyrrole nitrogens is 1. The molecule has 4 N–H and O–H groups in total. The summed E-state index contributed by atoms with van der Waals surface area (Å²) in [5, 5.41) is 18.1. The number of carbonyl (C=O) groups excluding carboxylic acids is 1. The third-order valence-electron chi connectivity index (χ3n) is 6.51. The Bertz CT molecular complexity index is 1600. The zero-order valence-corrected chi connectivity index (χ0v) is 20.0. The molecule has 0 aliphatic heterocycles. The lowest BCUT2D eigenvalue weighted by Crippen LogP contribution is -2.06. The van der Waals surface area contributed by atoms with Crippen LogP contribution in [0.3, 0.4) is 0 Å². The summed E-state index contributed by atoms with van der Waals surface area (Å²) in [5.41, 5.74) is 11.0. The van der Waals surface area contributed by atoms with E-state index in [0.29, 0.717) is 40.7 Å². The van der Waals surface area contributed by atoms with Crippen LogP contribution < -0.4 is 5.73 Å². The highest BCUT2D eigenvalue weighted by molar-refractivity contribution is 5.93. The van der Waals surface area contributed by atoms with Crippen molar-refractivity contribution >= 4 is 22.8 Å². The van der Waals surface area contributed by atoms with E-state index in [2.05, 4.69) is 25.2 Å². The van der Waals surface area contributed by atoms with Crippen LogP contribution in [0.4, 0.5) is 5.69 Å². The highest BCUT2D eigenvalue weighted by Crippen LogP contribution is 2.47. The number of benzene rings is 1. The normalized spacial score (nSPS) is 16.8. The number of nitrogen functional groups attached to an aromatic ring is 1. The van der Waals surface area contributed by atoms with E-state index in [4.69, 9.17) is 20.0 Å². The molecule has 0 saturated heterocycles. The third-order valence-corrected chi connectivity index (χ3v) is 6.51. The lowest BCUT2D eigenvalue weighted by Gasteiger charge is -2.10. The summed E-state index contributed by atoms with van der Waals surface area (Å²) in [6.07, 6.45) is 6.24. The number of aliphatic hydroxyl groups is 1. The Hall–Kier alpha value is -4.58. The number of aromatic amines is 1. The largest absolute Gasteiger partial charge is 0.460 e. The molecule has 188 valence electrons. The number of imidazole rings is 1. The summed E-state index contributed by atoms with van der Waals surface area (Å²) in [6, 6.07) is 7.39. The summed E-state index contributed by atoms with van der Waals surface area (Å²) in [7, 11) is 0. The predicted molar refractivity (Wildman–Crippen MR) is 132 cm³/mol. The molecular weight excluding hydrogens is 476 g/mol. The van der Waals surface area contributed by atoms with Crippen molar-refractivity contribution in [1.82, 2.24) is 34.9 Å². The number of nitrogens with zero attached hydrogens (tertiary/aromatic N) is 6. The lowest BCUT2D eigenvalue weighted by atomic mass is 9.99. The SMILES string of the molecule is CCOC(=O)c1noc(C2CC2Cn2cc(-c3nc4c(-c5cccc(N)c5CO)ccnc4[nH]3)cn2)n1. The molecular formula is C25H24N8O4. The maximum absolute atomic E-state index is 11.8. The molecule has 5 aromatic rings. The van der Waals surface area contributed by atoms with Crippen molar-refractivity contribution in [3.05, 3.63) is 60.1 Å². The second kappa shape index (κ2) is 9.13. The fourth-order valence-electron chi connectivity index (χ4n) is 4.54. The maximum Gasteiger partial charge on any atom is 0.379 e. The Morgan fingerprint density at radius 2 is 2.19 bits per heavy atom. The fraction of sp³-hybridized carbons (Fsp3) is 0.280. The summed E-state index contributed by atoms with van der Waals surface area (Å²) < 4.78 is 12.0. The molecule has 12 heteroatoms. The highest BCUT2D eigenvalue weighted by atomic mass is 16.5. The van der Waals surface area contributed by atoms with Gasteiger partial charge in [-0.05, 0) is 42.1 Å². The number of carbonyl (C=O) groups is 1. The number of esters is 1. The molecule has 2 atom stereocenters. The average Bonchev–Trinajstić information content (AvgIpc) is 3.30. The van der Waals surface area contributed by atoms with Crippen LogP contribution in [0.25, 0.3) is 33.7 Å². The van der Waals surface area contributed by atoms with Crippen LogP contribution in [0.5, 0.6) is 0 Å². The first-order chi connectivity index (χ1) is 18.1. The topological polar surface area (TPSA) is 171 Å². The lowest BCUT2D eigenvalue weighted by molar-refractivity contribution is 0.0508. The zero-order valence-electron chi connectivity index (χ0n) is 20.0. The number of nitrogens with two attached hydrogens (primary N) is 1. The Morgan fingerprint density at radius 1 is 1.30 bits per heavy atom. The first kappa shape index (κ1) is 22.9. The molecule has 0 spiro atoms. The molecule has 1 fully saturated rings. The van der Waals surface area contributed by atoms with Gasteiger partial charge in [0.25, 0.3) is 5.82 Å². The number of nitrogens with one attached hydrogen (secondary N) is 1. The standard InChI is InChI=1S/C25H24N8O4/c1-2-36-25(35)23-31-24(37-32-23)17-8-13(17)10-33-11-14(9-28-33)21-29-20-16(6-7-27-22(20)30-21)15-4-3-5-19(26)18(15)12-34/h3-7,9,11,13,17,34H,2,8,10,12,26H2,1H3,(H,27,29,30). The minimum Gasteiger partial charge on any atom is -0.460 e. The molecule has 6 rings (SSSR count). The molecule has 1 saturated carbocycles. The molecule has 37 heavy (non-hydrogen) atoms. The second-order valence-electron chi connectivity index (χ2n) is 8.90. The van der Waals surface area contributed by atoms with Gasteiger partial charge in [-0.1, -0.05) is 12.1 Å². The molecule has 1 aromatic carbocycles. The molecule has 4 heterocycles. The van der Waals surface area contributed by atoms with Crippen molar-refractivity contribution < 1.29 is 19.2 Å². The van der Waals surface area contributed by atoms with Crippen LogP contribution in [0.1, 0.15) is 41.3 Å². The highest BCUT2D eigenvalue weighted by Gasteiger charge is 2.43. The van der Waals surface area contributed by atoms with Gasteiger partial charge >= 0.3 is 5.97 Å². The van der Waals surface area contributed by atoms with Gasteiger partial charge in [0.15, 0.2) is 5.65 Å². The van der Waals surface area contributed by atoms with Crippen LogP contribution in [-0.4, -0.2) is 52.6 Å². The molecule has 12 nitrogen and oxygen atoms in total. The quantitative estimate of drug-likeness (QED) is 0.212. The van der Waals surface area contributed by atoms with E-state index in [9.17, 15) is 9.90 Å². The first-order valence-electron chi connectivity index (χ1n) is 11.9. The predicted octanol–water partition coefficient (Wildman–Crippen LogP) is 2.93. The van der Waals surface area contributed by atoms with E-state index < -0.39 is 5.97 Å². The van der Waals surface area contributed by atoms with Crippen molar-refractivity contribution in [2.24, 2.45) is 5.92 Å². The Labute approximate surface area is 210 Å². The van der Waals surface area contributed by atoms with Crippen molar-refractivity contribution in [3.63, 3.8) is 0 Å². The molecule has 2 unspecified atom stereocenters. The van der Waals surface area contributed by atoms with Crippen molar-refractivity contribution in [2.75, 3.05) is 12.3 Å². The zero-order chi connectivity index (χ0) is 25.5. The van der Waals surface area contributed by atoms with Crippen LogP contribution in [0.15, 0.2) is 47.4 Å². The Morgan fingerprint density at radius 3 is 3.03 bits per heavy atom. The van der Waals surface area contributed by atoms with Crippen molar-refractivity contribution in [1.29, 1.82) is 0 Å². The number of aromatic nitrogens is 7. The Kier molecular flexibility index (Phi) is 5.64. The van der Waals surface area contributed by atoms with E-state index in [0.717, 1.165) is 23.1 Å². The van der Waals surface area contributed by atoms with E-state index >= 15 is 0 Å². The summed E-state index contributed by atoms with van der Waals surface area (Å²) in [5.74, 6) is 0.802. The number of fused-ring (bicyclic) bond motifs is 1. The van der Waals surface area contributed by atoms with E-state index in [1.807, 2.05) is 29.1 Å². The second-order valence-corrected chi connectivity index (χ2v) is 8.90. The number of rotatable bonds is 8. The van der Waals surface area contributed by atoms with Gasteiger partial charge in [-0.3, -0.25) is 4.68 Å². The van der Waals surface area contributed by atoms with Crippen LogP contribution in [0, 0.1) is 5.92 Å². The summed E-state index contributed by atoms with van der Waals surface area (Å²) >= 11 is 0. The number of hydrogen-bond donors (Lipinski definition) is 3. The van der Waals surface area contributed by atoms with Crippen LogP contribution >= 0.6 is 0 Å². The minimum atomic E-state index is -0.585. The van der Waals surface area contributed by atoms with E-state index in [1.165, 1.54) is 0 Å². The van der Waals surface area contributed by atoms with Gasteiger partial charge in [-0.25, -0.2) is 14.8 Å². The number of pyridine rings is 1. The van der Waals surface area contributed by atoms with Crippen LogP contribution in [-0.2, 0) is 17.9 Å². The van der Waals surface area contributed by atoms with Gasteiger partial charge in [-0.2, -0.15) is 10.1 Å². The molecule has 1 aliphatic carbocycles. The maximum atomic E-state index is 11.8. The van der Waals surface area contributed by atoms with Crippen molar-refractivity contribution in [3.8, 4) is 22.5 Å². The molecule has 4 aromatic heterocycles. The van der Waals surface area contributed by atoms with E-state index in [1.54, 1.807) is 25.4 Å². The summed E-state index contributed by atoms with van der Waals surface area (Å²) in [6.45, 7) is 2.46. The first-order valence-corrected chi connectivity index (χ1v) is 11.9. The minimum absolute atomic E-state index is 0.0500. The van der Waals surface area contributed by atoms with Gasteiger partial charge in [-0.15, -0.1) is 0 Å². The fourth-order valence-corrected chi connectivity index (χ4v) is 4.54. The molecule has 0 radical (unpaired) electrons. The van der Waals surface area contributed by atoms with Crippen LogP contribution in [0.2, 0.25) is 0 Å². The monoisotopic (exact) mass is 500 g/mol. The number of anilines is 1. The third kappa shape index (κ3) is 4.20. The number of ether oxygens (including phenoxy) is 1. The van der Waals surface area contributed by atoms with Gasteiger partial charge in [0.05, 0.1) is 25.0 Å². The number of aliphatic hydroxyl groups excluding tert-OH is 1. The Balaban J connectivity index is 1.20. The van der Waals surface area contributed by atoms with Gasteiger partial charge < -0.3 is 25.1 Å². The van der Waals surface area contributed by atoms with E-state index in [-0.39, 0.29) is 30.9 Å². The van der Waals surface area contributed by atoms with Gasteiger partial charge in [0.1, 0.15) is 11.3 Å². The number of hydrogen-bond acceptors (Lipinski definition) is 10.